The lowest BCUT2D eigenvalue weighted by Crippen LogP contribution is -2.41. The maximum Gasteiger partial charge on any atom is 0.191 e. The van der Waals surface area contributed by atoms with Gasteiger partial charge in [-0.2, -0.15) is 0 Å². The molecule has 158 valence electrons. The molecule has 1 aromatic heterocycles. The van der Waals surface area contributed by atoms with Crippen LogP contribution in [0.15, 0.2) is 47.6 Å². The number of pyridine rings is 1. The second-order valence-electron chi connectivity index (χ2n) is 6.79. The second kappa shape index (κ2) is 12.2. The van der Waals surface area contributed by atoms with Gasteiger partial charge in [0, 0.05) is 37.4 Å². The topological polar surface area (TPSA) is 61.8 Å². The smallest absolute Gasteiger partial charge is 0.191 e. The summed E-state index contributed by atoms with van der Waals surface area (Å²) in [6.45, 7) is 8.62. The minimum atomic E-state index is 0. The first kappa shape index (κ1) is 23.7. The number of aliphatic imine (C=N–C) groups is 1. The van der Waals surface area contributed by atoms with Gasteiger partial charge in [-0.25, -0.2) is 9.98 Å². The molecule has 1 fully saturated rings. The number of halogens is 2. The van der Waals surface area contributed by atoms with Crippen LogP contribution in [0.5, 0.6) is 0 Å². The Labute approximate surface area is 195 Å². The Kier molecular flexibility index (Phi) is 9.96. The van der Waals surface area contributed by atoms with Gasteiger partial charge < -0.3 is 20.3 Å². The van der Waals surface area contributed by atoms with Crippen LogP contribution in [0.25, 0.3) is 0 Å². The van der Waals surface area contributed by atoms with Crippen molar-refractivity contribution in [2.75, 3.05) is 31.1 Å². The normalized spacial score (nSPS) is 16.9. The van der Waals surface area contributed by atoms with Crippen LogP contribution >= 0.6 is 35.6 Å². The first-order chi connectivity index (χ1) is 13.7. The van der Waals surface area contributed by atoms with Crippen molar-refractivity contribution in [3.05, 3.63) is 58.7 Å². The van der Waals surface area contributed by atoms with E-state index in [-0.39, 0.29) is 30.1 Å². The predicted octanol–water partition coefficient (Wildman–Crippen LogP) is 3.83. The van der Waals surface area contributed by atoms with Crippen molar-refractivity contribution in [1.82, 2.24) is 15.6 Å². The Balaban J connectivity index is 0.00000300. The van der Waals surface area contributed by atoms with E-state index in [9.17, 15) is 0 Å². The summed E-state index contributed by atoms with van der Waals surface area (Å²) in [6, 6.07) is 12.0. The van der Waals surface area contributed by atoms with E-state index < -0.39 is 0 Å². The lowest BCUT2D eigenvalue weighted by Gasteiger charge is -2.32. The van der Waals surface area contributed by atoms with Gasteiger partial charge in [-0.1, -0.05) is 35.9 Å². The number of guanidine groups is 1. The lowest BCUT2D eigenvalue weighted by atomic mass is 10.2. The van der Waals surface area contributed by atoms with Gasteiger partial charge in [-0.05, 0) is 37.1 Å². The molecule has 1 atom stereocenters. The monoisotopic (exact) mass is 529 g/mol. The number of hydrogen-bond acceptors (Lipinski definition) is 4. The minimum Gasteiger partial charge on any atom is -0.375 e. The van der Waals surface area contributed by atoms with E-state index in [1.54, 1.807) is 0 Å². The van der Waals surface area contributed by atoms with Crippen molar-refractivity contribution in [1.29, 1.82) is 0 Å². The summed E-state index contributed by atoms with van der Waals surface area (Å²) in [6.07, 6.45) is 2.14. The third kappa shape index (κ3) is 7.31. The predicted molar refractivity (Wildman–Crippen MR) is 130 cm³/mol. The highest BCUT2D eigenvalue weighted by Gasteiger charge is 2.17. The summed E-state index contributed by atoms with van der Waals surface area (Å²) < 4.78 is 5.59. The number of benzene rings is 1. The zero-order valence-electron chi connectivity index (χ0n) is 16.9. The summed E-state index contributed by atoms with van der Waals surface area (Å²) in [7, 11) is 0. The number of ether oxygens (including phenoxy) is 1. The molecule has 0 saturated carbocycles. The molecule has 0 amide bonds. The van der Waals surface area contributed by atoms with Crippen molar-refractivity contribution in [2.45, 2.75) is 33.0 Å². The number of aromatic nitrogens is 1. The van der Waals surface area contributed by atoms with Gasteiger partial charge in [0.25, 0.3) is 0 Å². The standard InChI is InChI=1S/C21H28ClN5O.HI/c1-3-23-21(26-14-18-6-4-5-7-19(18)22)25-13-17-8-9-20(24-12-17)27-10-11-28-16(2)15-27;/h4-9,12,16H,3,10-11,13-15H2,1-2H3,(H2,23,25,26);1H. The van der Waals surface area contributed by atoms with Crippen molar-refractivity contribution in [3.63, 3.8) is 0 Å². The quantitative estimate of drug-likeness (QED) is 0.338. The zero-order valence-corrected chi connectivity index (χ0v) is 20.0. The summed E-state index contributed by atoms with van der Waals surface area (Å²) >= 11 is 6.23. The van der Waals surface area contributed by atoms with Gasteiger partial charge >= 0.3 is 0 Å². The third-order valence-electron chi connectivity index (χ3n) is 4.54. The van der Waals surface area contributed by atoms with Crippen LogP contribution in [0.2, 0.25) is 5.02 Å². The highest BCUT2D eigenvalue weighted by molar-refractivity contribution is 14.0. The number of hydrogen-bond donors (Lipinski definition) is 2. The van der Waals surface area contributed by atoms with Crippen LogP contribution < -0.4 is 15.5 Å². The molecule has 8 heteroatoms. The molecule has 0 spiro atoms. The average molecular weight is 530 g/mol. The van der Waals surface area contributed by atoms with Crippen molar-refractivity contribution < 1.29 is 4.74 Å². The highest BCUT2D eigenvalue weighted by atomic mass is 127. The van der Waals surface area contributed by atoms with Crippen LogP contribution in [0.1, 0.15) is 25.0 Å². The number of nitrogens with zero attached hydrogens (tertiary/aromatic N) is 3. The molecule has 29 heavy (non-hydrogen) atoms. The Morgan fingerprint density at radius 2 is 2.10 bits per heavy atom. The molecule has 1 aromatic carbocycles. The molecule has 1 unspecified atom stereocenters. The number of rotatable bonds is 6. The Hall–Kier alpha value is -1.58. The lowest BCUT2D eigenvalue weighted by molar-refractivity contribution is 0.0529. The number of anilines is 1. The molecule has 1 aliphatic rings. The molecule has 1 aliphatic heterocycles. The third-order valence-corrected chi connectivity index (χ3v) is 4.91. The van der Waals surface area contributed by atoms with Crippen LogP contribution in [-0.4, -0.2) is 43.3 Å². The summed E-state index contributed by atoms with van der Waals surface area (Å²) in [5.41, 5.74) is 2.11. The summed E-state index contributed by atoms with van der Waals surface area (Å²) in [5, 5.41) is 7.34. The maximum atomic E-state index is 6.23. The molecule has 0 radical (unpaired) electrons. The molecule has 0 aliphatic carbocycles. The van der Waals surface area contributed by atoms with Crippen molar-refractivity contribution in [2.24, 2.45) is 4.99 Å². The van der Waals surface area contributed by atoms with Crippen LogP contribution in [-0.2, 0) is 17.8 Å². The maximum absolute atomic E-state index is 6.23. The Morgan fingerprint density at radius 3 is 2.79 bits per heavy atom. The van der Waals surface area contributed by atoms with Crippen LogP contribution in [0.3, 0.4) is 0 Å². The number of morpholine rings is 1. The van der Waals surface area contributed by atoms with E-state index >= 15 is 0 Å². The highest BCUT2D eigenvalue weighted by Crippen LogP contribution is 2.16. The van der Waals surface area contributed by atoms with E-state index in [4.69, 9.17) is 16.3 Å². The molecule has 0 bridgehead atoms. The van der Waals surface area contributed by atoms with Crippen molar-refractivity contribution >= 4 is 47.4 Å². The average Bonchev–Trinajstić information content (AvgIpc) is 2.71. The first-order valence-corrected chi connectivity index (χ1v) is 10.1. The summed E-state index contributed by atoms with van der Waals surface area (Å²) in [4.78, 5) is 11.5. The fourth-order valence-electron chi connectivity index (χ4n) is 3.06. The van der Waals surface area contributed by atoms with Crippen molar-refractivity contribution in [3.8, 4) is 0 Å². The SMILES string of the molecule is CCNC(=NCc1ccc(N2CCOC(C)C2)nc1)NCc1ccccc1Cl.I. The van der Waals surface area contributed by atoms with Gasteiger partial charge in [0.15, 0.2) is 5.96 Å². The number of nitrogens with one attached hydrogen (secondary N) is 2. The first-order valence-electron chi connectivity index (χ1n) is 9.72. The molecule has 3 rings (SSSR count). The zero-order chi connectivity index (χ0) is 19.8. The molecule has 1 saturated heterocycles. The van der Waals surface area contributed by atoms with Gasteiger partial charge in [0.05, 0.1) is 19.3 Å². The van der Waals surface area contributed by atoms with Gasteiger partial charge in [-0.3, -0.25) is 0 Å². The van der Waals surface area contributed by atoms with E-state index in [1.165, 1.54) is 0 Å². The van der Waals surface area contributed by atoms with E-state index in [0.29, 0.717) is 13.1 Å². The van der Waals surface area contributed by atoms with E-state index in [2.05, 4.69) is 44.6 Å². The fourth-order valence-corrected chi connectivity index (χ4v) is 3.26. The Morgan fingerprint density at radius 1 is 1.28 bits per heavy atom. The van der Waals surface area contributed by atoms with Crippen LogP contribution in [0, 0.1) is 0 Å². The van der Waals surface area contributed by atoms with E-state index in [0.717, 1.165) is 54.2 Å². The minimum absolute atomic E-state index is 0. The van der Waals surface area contributed by atoms with E-state index in [1.807, 2.05) is 37.4 Å². The molecular weight excluding hydrogens is 501 g/mol. The van der Waals surface area contributed by atoms with Crippen LogP contribution in [0.4, 0.5) is 5.82 Å². The van der Waals surface area contributed by atoms with Gasteiger partial charge in [-0.15, -0.1) is 24.0 Å². The molecule has 2 N–H and O–H groups in total. The summed E-state index contributed by atoms with van der Waals surface area (Å²) in [5.74, 6) is 1.75. The largest absolute Gasteiger partial charge is 0.375 e. The molecule has 2 aromatic rings. The fraction of sp³-hybridized carbons (Fsp3) is 0.429. The second-order valence-corrected chi connectivity index (χ2v) is 7.20. The molecular formula is C21H29ClIN5O. The Bertz CT molecular complexity index is 787. The van der Waals surface area contributed by atoms with Gasteiger partial charge in [0.2, 0.25) is 0 Å². The molecule has 6 nitrogen and oxygen atoms in total. The molecule has 2 heterocycles. The van der Waals surface area contributed by atoms with Gasteiger partial charge in [0.1, 0.15) is 5.82 Å².